The summed E-state index contributed by atoms with van der Waals surface area (Å²) < 4.78 is 20.9. The van der Waals surface area contributed by atoms with Gasteiger partial charge in [0.25, 0.3) is 5.91 Å². The standard InChI is InChI=1S/C68H122FN11O15/c1-37(2)30-47-62(89)76(20)50(33-40(7)8)58(85)70-45(16)67(94)95-57(43(13)14)66(93)77(21)51(34-41(9)10)60(87)72-48(31-38(3)4)63(90)78(22)54(42(11)12)65(92)79(23)55(56(84)44(15)24-27-80-28-25-68(69,36-81)26-29-80)61(88)73-53(46(17)82)64(91)74(18)35-52(83)75(19)49(32-39(5)6)59(86)71-47/h37-51,53-57,81-82,84H,24-36H2,1-23H3,(H,70,85)(H,71,86)(H,72,87)(H,73,88)/t44-,45+,46-,47+,48+,49+,50+,51+,53+,54+,55+,56-,57-/m1/s1. The number of cyclic esters (lactones) is 1. The zero-order valence-corrected chi connectivity index (χ0v) is 61.5. The molecule has 7 N–H and O–H groups in total. The van der Waals surface area contributed by atoms with Gasteiger partial charge in [-0.15, -0.1) is 0 Å². The molecule has 0 bridgehead atoms. The van der Waals surface area contributed by atoms with Crippen LogP contribution < -0.4 is 21.3 Å². The van der Waals surface area contributed by atoms with Crippen molar-refractivity contribution in [3.63, 3.8) is 0 Å². The van der Waals surface area contributed by atoms with Crippen LogP contribution >= 0.6 is 0 Å². The second-order valence-electron chi connectivity index (χ2n) is 29.9. The summed E-state index contributed by atoms with van der Waals surface area (Å²) in [7, 11) is 8.03. The molecule has 0 spiro atoms. The van der Waals surface area contributed by atoms with Gasteiger partial charge >= 0.3 is 5.97 Å². The smallest absolute Gasteiger partial charge is 0.329 e. The van der Waals surface area contributed by atoms with Crippen LogP contribution in [0.5, 0.6) is 0 Å². The lowest BCUT2D eigenvalue weighted by Crippen LogP contribution is -2.64. The summed E-state index contributed by atoms with van der Waals surface area (Å²) in [5.41, 5.74) is -1.73. The second kappa shape index (κ2) is 38.2. The van der Waals surface area contributed by atoms with Crippen molar-refractivity contribution in [2.24, 2.45) is 47.3 Å². The minimum absolute atomic E-state index is 0.0510. The van der Waals surface area contributed by atoms with E-state index in [1.54, 1.807) is 34.6 Å². The average molecular weight is 1350 g/mol. The third-order valence-corrected chi connectivity index (χ3v) is 18.3. The molecular weight excluding hydrogens is 1230 g/mol. The SMILES string of the molecule is CC(C)C[C@@H]1NC(=O)[C@H](CC(C)C)N(C)C(=O)[C@@H](C(C)C)OC(=O)[C@H](C)NC(=O)[C@H](CC(C)C)N(C)C(=O)[C@H](CC(C)C)NC(=O)[C@H](CC(C)C)N(C)C(=O)CN(C)C(=O)[C@H]([C@@H](C)O)NC(=O)[C@H]([C@H](O)[C@H](C)CCN2CCC(F)(CO)CC2)N(C)C(=O)[C@H](C(C)C)N(C)C1=O. The van der Waals surface area contributed by atoms with Crippen LogP contribution in [0.1, 0.15) is 169 Å². The van der Waals surface area contributed by atoms with E-state index in [1.165, 1.54) is 61.0 Å². The summed E-state index contributed by atoms with van der Waals surface area (Å²) in [5.74, 6) is -12.1. The van der Waals surface area contributed by atoms with Gasteiger partial charge in [0.15, 0.2) is 6.10 Å². The van der Waals surface area contributed by atoms with Gasteiger partial charge in [-0.1, -0.05) is 104 Å². The number of ether oxygens (including phenoxy) is 1. The van der Waals surface area contributed by atoms with Crippen molar-refractivity contribution in [2.75, 3.05) is 75.1 Å². The molecule has 10 amide bonds. The van der Waals surface area contributed by atoms with E-state index in [1.807, 2.05) is 74.1 Å². The highest BCUT2D eigenvalue weighted by Crippen LogP contribution is 2.29. The Morgan fingerprint density at radius 1 is 0.505 bits per heavy atom. The normalized spacial score (nSPS) is 27.3. The van der Waals surface area contributed by atoms with E-state index < -0.39 is 174 Å². The third kappa shape index (κ3) is 24.8. The highest BCUT2D eigenvalue weighted by Gasteiger charge is 2.46. The van der Waals surface area contributed by atoms with E-state index in [9.17, 15) is 53.7 Å². The van der Waals surface area contributed by atoms with Gasteiger partial charge in [-0.25, -0.2) is 9.18 Å². The van der Waals surface area contributed by atoms with Crippen LogP contribution in [0.3, 0.4) is 0 Å². The fraction of sp³-hybridized carbons (Fsp3) is 0.838. The van der Waals surface area contributed by atoms with E-state index in [0.29, 0.717) is 19.6 Å². The molecule has 0 aromatic carbocycles. The van der Waals surface area contributed by atoms with Crippen LogP contribution in [0.15, 0.2) is 0 Å². The molecule has 0 aromatic rings. The lowest BCUT2D eigenvalue weighted by atomic mass is 9.90. The van der Waals surface area contributed by atoms with E-state index in [-0.39, 0.29) is 81.0 Å². The van der Waals surface area contributed by atoms with E-state index in [4.69, 9.17) is 4.74 Å². The summed E-state index contributed by atoms with van der Waals surface area (Å²) in [6.45, 7) is 28.8. The minimum atomic E-state index is -1.82. The number of likely N-dealkylation sites (N-methyl/N-ethyl adjacent to an activating group) is 6. The van der Waals surface area contributed by atoms with E-state index in [2.05, 4.69) is 21.3 Å². The maximum atomic E-state index is 15.3. The Morgan fingerprint density at radius 3 is 1.33 bits per heavy atom. The Bertz CT molecular complexity index is 2580. The topological polar surface area (TPSA) is 328 Å². The number of hydrogen-bond donors (Lipinski definition) is 7. The number of hydrogen-bond acceptors (Lipinski definition) is 16. The van der Waals surface area contributed by atoms with Crippen molar-refractivity contribution in [3.05, 3.63) is 0 Å². The molecule has 2 saturated heterocycles. The molecule has 2 aliphatic rings. The number of rotatable bonds is 19. The Kier molecular flexibility index (Phi) is 34.2. The molecule has 0 radical (unpaired) electrons. The monoisotopic (exact) mass is 1350 g/mol. The van der Waals surface area contributed by atoms with Gasteiger partial charge in [0, 0.05) is 55.4 Å². The van der Waals surface area contributed by atoms with Gasteiger partial charge in [-0.05, 0) is 119 Å². The fourth-order valence-corrected chi connectivity index (χ4v) is 12.2. The first kappa shape index (κ1) is 85.0. The average Bonchev–Trinajstić information content (AvgIpc) is 0.819. The molecule has 2 aliphatic heterocycles. The van der Waals surface area contributed by atoms with Crippen LogP contribution in [0.25, 0.3) is 0 Å². The molecule has 0 saturated carbocycles. The molecule has 27 heteroatoms. The molecule has 0 aromatic heterocycles. The number of carbonyl (C=O) groups is 11. The number of aliphatic hydroxyl groups is 3. The molecule has 13 atom stereocenters. The Labute approximate surface area is 565 Å². The van der Waals surface area contributed by atoms with Crippen LogP contribution in [-0.4, -0.2) is 268 Å². The molecule has 2 fully saturated rings. The van der Waals surface area contributed by atoms with Crippen molar-refractivity contribution in [2.45, 2.75) is 247 Å². The van der Waals surface area contributed by atoms with Gasteiger partial charge in [0.1, 0.15) is 60.0 Å². The van der Waals surface area contributed by atoms with Crippen molar-refractivity contribution >= 4 is 65.0 Å². The fourth-order valence-electron chi connectivity index (χ4n) is 12.2. The lowest BCUT2D eigenvalue weighted by Gasteiger charge is -2.41. The molecule has 0 unspecified atom stereocenters. The van der Waals surface area contributed by atoms with Crippen LogP contribution in [0, 0.1) is 47.3 Å². The van der Waals surface area contributed by atoms with Gasteiger partial charge in [0.05, 0.1) is 25.4 Å². The largest absolute Gasteiger partial charge is 0.450 e. The first-order chi connectivity index (χ1) is 43.8. The summed E-state index contributed by atoms with van der Waals surface area (Å²) in [5, 5.41) is 44.4. The number of piperidine rings is 1. The number of esters is 1. The zero-order chi connectivity index (χ0) is 73.2. The number of halogens is 1. The summed E-state index contributed by atoms with van der Waals surface area (Å²) in [4.78, 5) is 171. The van der Waals surface area contributed by atoms with Gasteiger partial charge in [-0.3, -0.25) is 47.9 Å². The van der Waals surface area contributed by atoms with Gasteiger partial charge in [0.2, 0.25) is 53.2 Å². The van der Waals surface area contributed by atoms with Crippen LogP contribution in [-0.2, 0) is 57.5 Å². The highest BCUT2D eigenvalue weighted by atomic mass is 19.1. The predicted octanol–water partition coefficient (Wildman–Crippen LogP) is 2.57. The first-order valence-electron chi connectivity index (χ1n) is 34.2. The van der Waals surface area contributed by atoms with Gasteiger partial charge < -0.3 is 75.6 Å². The molecule has 546 valence electrons. The molecule has 26 nitrogen and oxygen atoms in total. The summed E-state index contributed by atoms with van der Waals surface area (Å²) in [6, 6.07) is -12.6. The van der Waals surface area contributed by atoms with Crippen LogP contribution in [0.2, 0.25) is 0 Å². The molecular formula is C68H122FN11O15. The molecule has 2 rings (SSSR count). The predicted molar refractivity (Wildman–Crippen MR) is 359 cm³/mol. The summed E-state index contributed by atoms with van der Waals surface area (Å²) >= 11 is 0. The summed E-state index contributed by atoms with van der Waals surface area (Å²) in [6.07, 6.45) is -4.06. The van der Waals surface area contributed by atoms with Crippen molar-refractivity contribution in [1.29, 1.82) is 0 Å². The number of likely N-dealkylation sites (tertiary alicyclic amines) is 1. The number of amides is 10. The number of aliphatic hydroxyl groups excluding tert-OH is 3. The van der Waals surface area contributed by atoms with Crippen LogP contribution in [0.4, 0.5) is 4.39 Å². The highest BCUT2D eigenvalue weighted by molar-refractivity contribution is 5.99. The van der Waals surface area contributed by atoms with E-state index in [0.717, 1.165) is 24.5 Å². The van der Waals surface area contributed by atoms with Crippen molar-refractivity contribution in [3.8, 4) is 0 Å². The molecule has 2 heterocycles. The Morgan fingerprint density at radius 2 is 0.916 bits per heavy atom. The number of nitrogens with one attached hydrogen (secondary N) is 4. The number of carbonyl (C=O) groups excluding carboxylic acids is 11. The molecule has 0 aliphatic carbocycles. The third-order valence-electron chi connectivity index (χ3n) is 18.3. The lowest BCUT2D eigenvalue weighted by molar-refractivity contribution is -0.166. The Hall–Kier alpha value is -6.06. The zero-order valence-electron chi connectivity index (χ0n) is 61.5. The second-order valence-corrected chi connectivity index (χ2v) is 29.9. The molecule has 95 heavy (non-hydrogen) atoms. The number of alkyl halides is 1. The quantitative estimate of drug-likeness (QED) is 0.0914. The van der Waals surface area contributed by atoms with Crippen molar-refractivity contribution < 1.29 is 77.2 Å². The maximum Gasteiger partial charge on any atom is 0.329 e. The maximum absolute atomic E-state index is 15.3. The van der Waals surface area contributed by atoms with Gasteiger partial charge in [-0.2, -0.15) is 0 Å². The Balaban J connectivity index is 3.03. The number of nitrogens with zero attached hydrogens (tertiary/aromatic N) is 7. The van der Waals surface area contributed by atoms with E-state index >= 15 is 18.8 Å². The minimum Gasteiger partial charge on any atom is -0.450 e. The van der Waals surface area contributed by atoms with Crippen molar-refractivity contribution in [1.82, 2.24) is 55.6 Å². The first-order valence-corrected chi connectivity index (χ1v) is 34.2.